The molecule has 0 aliphatic heterocycles. The van der Waals surface area contributed by atoms with Crippen LogP contribution in [0.4, 0.5) is 0 Å². The van der Waals surface area contributed by atoms with Gasteiger partial charge in [-0.3, -0.25) is 0 Å². The third-order valence-electron chi connectivity index (χ3n) is 3.15. The predicted molar refractivity (Wildman–Crippen MR) is 62.4 cm³/mol. The molecule has 0 fully saturated rings. The summed E-state index contributed by atoms with van der Waals surface area (Å²) in [6, 6.07) is 0. The highest BCUT2D eigenvalue weighted by Crippen LogP contribution is 2.25. The molecule has 0 aromatic carbocycles. The van der Waals surface area contributed by atoms with Gasteiger partial charge in [-0.1, -0.05) is 6.92 Å². The quantitative estimate of drug-likeness (QED) is 0.707. The van der Waals surface area contributed by atoms with Gasteiger partial charge < -0.3 is 10.8 Å². The SMILES string of the molecule is CC(O)C(C)(CN)CCS(=O)(=O)C(C)C. The summed E-state index contributed by atoms with van der Waals surface area (Å²) in [5.41, 5.74) is 5.05. The zero-order valence-electron chi connectivity index (χ0n) is 10.0. The Balaban J connectivity index is 4.50. The monoisotopic (exact) mass is 237 g/mol. The summed E-state index contributed by atoms with van der Waals surface area (Å²) in [4.78, 5) is 0. The Hall–Kier alpha value is -0.130. The van der Waals surface area contributed by atoms with E-state index in [1.165, 1.54) is 0 Å². The maximum Gasteiger partial charge on any atom is 0.152 e. The van der Waals surface area contributed by atoms with Crippen molar-refractivity contribution in [2.45, 2.75) is 45.5 Å². The minimum Gasteiger partial charge on any atom is -0.393 e. The van der Waals surface area contributed by atoms with Gasteiger partial charge in [-0.2, -0.15) is 0 Å². The van der Waals surface area contributed by atoms with E-state index in [-0.39, 0.29) is 17.5 Å². The molecule has 4 nitrogen and oxygen atoms in total. The van der Waals surface area contributed by atoms with Crippen molar-refractivity contribution in [3.05, 3.63) is 0 Å². The van der Waals surface area contributed by atoms with Gasteiger partial charge in [-0.05, 0) is 27.2 Å². The van der Waals surface area contributed by atoms with Crippen LogP contribution in [0.2, 0.25) is 0 Å². The fourth-order valence-electron chi connectivity index (χ4n) is 1.09. The first kappa shape index (κ1) is 14.9. The van der Waals surface area contributed by atoms with Crippen LogP contribution in [0.5, 0.6) is 0 Å². The lowest BCUT2D eigenvalue weighted by molar-refractivity contribution is 0.0564. The number of aliphatic hydroxyl groups is 1. The van der Waals surface area contributed by atoms with Crippen LogP contribution in [0.15, 0.2) is 0 Å². The third-order valence-corrected chi connectivity index (χ3v) is 5.36. The van der Waals surface area contributed by atoms with Gasteiger partial charge in [0, 0.05) is 12.0 Å². The van der Waals surface area contributed by atoms with Crippen LogP contribution in [0.25, 0.3) is 0 Å². The first-order valence-electron chi connectivity index (χ1n) is 5.25. The molecule has 2 unspecified atom stereocenters. The first-order valence-corrected chi connectivity index (χ1v) is 6.97. The molecule has 0 spiro atoms. The standard InChI is InChI=1S/C10H23NO3S/c1-8(2)15(13,14)6-5-10(4,7-11)9(3)12/h8-9,12H,5-7,11H2,1-4H3. The molecule has 0 aromatic heterocycles. The fourth-order valence-corrected chi connectivity index (χ4v) is 2.31. The summed E-state index contributed by atoms with van der Waals surface area (Å²) >= 11 is 0. The molecule has 0 bridgehead atoms. The third kappa shape index (κ3) is 4.09. The second kappa shape index (κ2) is 5.27. The Bertz CT molecular complexity index is 285. The molecule has 0 saturated heterocycles. The van der Waals surface area contributed by atoms with Crippen molar-refractivity contribution in [1.82, 2.24) is 0 Å². The topological polar surface area (TPSA) is 80.4 Å². The molecule has 0 aliphatic rings. The van der Waals surface area contributed by atoms with Crippen LogP contribution in [0.3, 0.4) is 0 Å². The Labute approximate surface area is 92.8 Å². The molecular weight excluding hydrogens is 214 g/mol. The number of hydrogen-bond donors (Lipinski definition) is 2. The largest absolute Gasteiger partial charge is 0.393 e. The molecule has 0 rings (SSSR count). The molecule has 2 atom stereocenters. The lowest BCUT2D eigenvalue weighted by atomic mass is 9.82. The highest BCUT2D eigenvalue weighted by molar-refractivity contribution is 7.91. The minimum absolute atomic E-state index is 0.0866. The summed E-state index contributed by atoms with van der Waals surface area (Å²) in [5.74, 6) is 0.0866. The number of nitrogens with two attached hydrogens (primary N) is 1. The summed E-state index contributed by atoms with van der Waals surface area (Å²) in [6.07, 6.45) is -0.188. The molecule has 0 saturated carbocycles. The molecule has 0 aromatic rings. The number of rotatable bonds is 6. The van der Waals surface area contributed by atoms with E-state index in [0.29, 0.717) is 6.42 Å². The summed E-state index contributed by atoms with van der Waals surface area (Å²) in [6.45, 7) is 7.08. The maximum absolute atomic E-state index is 11.6. The van der Waals surface area contributed by atoms with Gasteiger partial charge in [0.15, 0.2) is 9.84 Å². The molecule has 0 heterocycles. The number of hydrogen-bond acceptors (Lipinski definition) is 4. The van der Waals surface area contributed by atoms with E-state index in [2.05, 4.69) is 0 Å². The smallest absolute Gasteiger partial charge is 0.152 e. The average molecular weight is 237 g/mol. The highest BCUT2D eigenvalue weighted by Gasteiger charge is 2.30. The van der Waals surface area contributed by atoms with Crippen LogP contribution in [0.1, 0.15) is 34.1 Å². The maximum atomic E-state index is 11.6. The molecular formula is C10H23NO3S. The summed E-state index contributed by atoms with van der Waals surface area (Å²) < 4.78 is 23.2. The molecule has 0 aliphatic carbocycles. The van der Waals surface area contributed by atoms with Gasteiger partial charge in [0.25, 0.3) is 0 Å². The van der Waals surface area contributed by atoms with Crippen LogP contribution >= 0.6 is 0 Å². The molecule has 0 radical (unpaired) electrons. The van der Waals surface area contributed by atoms with Crippen LogP contribution in [-0.4, -0.2) is 37.2 Å². The van der Waals surface area contributed by atoms with E-state index in [0.717, 1.165) is 0 Å². The van der Waals surface area contributed by atoms with Gasteiger partial charge in [-0.25, -0.2) is 8.42 Å². The lowest BCUT2D eigenvalue weighted by Gasteiger charge is -2.31. The van der Waals surface area contributed by atoms with Crippen LogP contribution in [-0.2, 0) is 9.84 Å². The molecule has 92 valence electrons. The Morgan fingerprint density at radius 3 is 2.07 bits per heavy atom. The van der Waals surface area contributed by atoms with Crippen molar-refractivity contribution in [1.29, 1.82) is 0 Å². The van der Waals surface area contributed by atoms with Gasteiger partial charge in [0.2, 0.25) is 0 Å². The highest BCUT2D eigenvalue weighted by atomic mass is 32.2. The molecule has 5 heteroatoms. The van der Waals surface area contributed by atoms with Crippen molar-refractivity contribution >= 4 is 9.84 Å². The van der Waals surface area contributed by atoms with Crippen molar-refractivity contribution in [2.24, 2.45) is 11.1 Å². The van der Waals surface area contributed by atoms with Crippen LogP contribution < -0.4 is 5.73 Å². The summed E-state index contributed by atoms with van der Waals surface area (Å²) in [7, 11) is -3.04. The van der Waals surface area contributed by atoms with Gasteiger partial charge in [0.05, 0.1) is 17.1 Å². The second-order valence-electron chi connectivity index (χ2n) is 4.70. The Morgan fingerprint density at radius 2 is 1.80 bits per heavy atom. The first-order chi connectivity index (χ1) is 6.65. The number of sulfone groups is 1. The summed E-state index contributed by atoms with van der Waals surface area (Å²) in [5, 5.41) is 9.16. The van der Waals surface area contributed by atoms with Crippen molar-refractivity contribution < 1.29 is 13.5 Å². The lowest BCUT2D eigenvalue weighted by Crippen LogP contribution is -2.39. The number of aliphatic hydroxyl groups excluding tert-OH is 1. The molecule has 0 amide bonds. The van der Waals surface area contributed by atoms with Crippen molar-refractivity contribution in [3.8, 4) is 0 Å². The van der Waals surface area contributed by atoms with Crippen LogP contribution in [0, 0.1) is 5.41 Å². The Morgan fingerprint density at radius 1 is 1.33 bits per heavy atom. The van der Waals surface area contributed by atoms with Gasteiger partial charge in [0.1, 0.15) is 0 Å². The van der Waals surface area contributed by atoms with Crippen molar-refractivity contribution in [2.75, 3.05) is 12.3 Å². The molecule has 15 heavy (non-hydrogen) atoms. The second-order valence-corrected chi connectivity index (χ2v) is 7.38. The van der Waals surface area contributed by atoms with E-state index in [4.69, 9.17) is 5.73 Å². The van der Waals surface area contributed by atoms with Crippen molar-refractivity contribution in [3.63, 3.8) is 0 Å². The zero-order chi connectivity index (χ0) is 12.3. The van der Waals surface area contributed by atoms with Gasteiger partial charge in [-0.15, -0.1) is 0 Å². The minimum atomic E-state index is -3.04. The molecule has 3 N–H and O–H groups in total. The van der Waals surface area contributed by atoms with E-state index in [9.17, 15) is 13.5 Å². The van der Waals surface area contributed by atoms with E-state index in [1.807, 2.05) is 6.92 Å². The fraction of sp³-hybridized carbons (Fsp3) is 1.00. The van der Waals surface area contributed by atoms with E-state index < -0.39 is 21.4 Å². The normalized spacial score (nSPS) is 18.9. The van der Waals surface area contributed by atoms with E-state index in [1.54, 1.807) is 20.8 Å². The van der Waals surface area contributed by atoms with E-state index >= 15 is 0 Å². The predicted octanol–water partition coefficient (Wildman–Crippen LogP) is 0.546. The average Bonchev–Trinajstić information content (AvgIpc) is 2.13. The zero-order valence-corrected chi connectivity index (χ0v) is 10.8. The Kier molecular flexibility index (Phi) is 5.23. The van der Waals surface area contributed by atoms with Gasteiger partial charge >= 0.3 is 0 Å².